The first-order chi connectivity index (χ1) is 11.7. The Morgan fingerprint density at radius 1 is 1.04 bits per heavy atom. The summed E-state index contributed by atoms with van der Waals surface area (Å²) < 4.78 is 28.9. The van der Waals surface area contributed by atoms with Crippen molar-refractivity contribution in [1.29, 1.82) is 0 Å². The average molecular weight is 334 g/mol. The molecule has 0 saturated heterocycles. The zero-order valence-electron chi connectivity index (χ0n) is 14.3. The van der Waals surface area contributed by atoms with Gasteiger partial charge >= 0.3 is 6.61 Å². The van der Waals surface area contributed by atoms with E-state index in [4.69, 9.17) is 0 Å². The maximum atomic E-state index is 12.2. The van der Waals surface area contributed by atoms with Gasteiger partial charge in [0.2, 0.25) is 0 Å². The molecule has 3 heteroatoms. The van der Waals surface area contributed by atoms with Gasteiger partial charge in [0.1, 0.15) is 5.75 Å². The van der Waals surface area contributed by atoms with Crippen LogP contribution in [0.15, 0.2) is 36.9 Å². The lowest BCUT2D eigenvalue weighted by atomic mass is 9.63. The quantitative estimate of drug-likeness (QED) is 0.536. The Balaban J connectivity index is 1.55. The highest BCUT2D eigenvalue weighted by Crippen LogP contribution is 2.48. The fourth-order valence-corrected chi connectivity index (χ4v) is 4.83. The fraction of sp³-hybridized carbons (Fsp3) is 0.619. The Morgan fingerprint density at radius 3 is 2.46 bits per heavy atom. The van der Waals surface area contributed by atoms with Crippen LogP contribution in [0.4, 0.5) is 8.78 Å². The lowest BCUT2D eigenvalue weighted by Gasteiger charge is -2.42. The Kier molecular flexibility index (Phi) is 5.91. The number of halogens is 2. The van der Waals surface area contributed by atoms with Crippen LogP contribution in [0.2, 0.25) is 0 Å². The predicted molar refractivity (Wildman–Crippen MR) is 93.4 cm³/mol. The summed E-state index contributed by atoms with van der Waals surface area (Å²) in [6.07, 6.45) is 12.4. The molecule has 0 N–H and O–H groups in total. The number of ether oxygens (including phenoxy) is 1. The Morgan fingerprint density at radius 2 is 1.75 bits per heavy atom. The molecule has 0 amide bonds. The molecule has 0 aromatic heterocycles. The van der Waals surface area contributed by atoms with E-state index in [0.29, 0.717) is 5.92 Å². The number of alkyl halides is 2. The van der Waals surface area contributed by atoms with Gasteiger partial charge in [-0.3, -0.25) is 0 Å². The van der Waals surface area contributed by atoms with Gasteiger partial charge in [-0.1, -0.05) is 24.6 Å². The molecule has 0 spiro atoms. The van der Waals surface area contributed by atoms with Crippen LogP contribution in [0.3, 0.4) is 0 Å². The van der Waals surface area contributed by atoms with E-state index in [9.17, 15) is 8.78 Å². The summed E-state index contributed by atoms with van der Waals surface area (Å²) in [5.41, 5.74) is 1.28. The first-order valence-corrected chi connectivity index (χ1v) is 9.31. The maximum absolute atomic E-state index is 12.2. The Labute approximate surface area is 144 Å². The summed E-state index contributed by atoms with van der Waals surface area (Å²) in [5.74, 6) is 3.47. The van der Waals surface area contributed by atoms with E-state index >= 15 is 0 Å². The van der Waals surface area contributed by atoms with E-state index in [2.05, 4.69) is 11.3 Å². The summed E-state index contributed by atoms with van der Waals surface area (Å²) in [5, 5.41) is 0. The molecule has 132 valence electrons. The molecule has 2 aliphatic rings. The lowest BCUT2D eigenvalue weighted by Crippen LogP contribution is -2.30. The van der Waals surface area contributed by atoms with Gasteiger partial charge in [-0.25, -0.2) is 0 Å². The van der Waals surface area contributed by atoms with Crippen LogP contribution in [0, 0.1) is 17.8 Å². The number of rotatable bonds is 6. The number of hydrogen-bond donors (Lipinski definition) is 0. The highest BCUT2D eigenvalue weighted by molar-refractivity contribution is 5.30. The number of allylic oxidation sites excluding steroid dienone is 1. The van der Waals surface area contributed by atoms with E-state index in [-0.39, 0.29) is 5.75 Å². The molecule has 1 aromatic rings. The molecule has 2 fully saturated rings. The van der Waals surface area contributed by atoms with Gasteiger partial charge in [-0.2, -0.15) is 8.78 Å². The second-order valence-corrected chi connectivity index (χ2v) is 7.52. The van der Waals surface area contributed by atoms with Gasteiger partial charge in [0, 0.05) is 0 Å². The van der Waals surface area contributed by atoms with Crippen molar-refractivity contribution in [2.75, 3.05) is 0 Å². The molecule has 0 radical (unpaired) electrons. The van der Waals surface area contributed by atoms with Crippen molar-refractivity contribution < 1.29 is 13.5 Å². The van der Waals surface area contributed by atoms with E-state index < -0.39 is 6.61 Å². The van der Waals surface area contributed by atoms with Crippen LogP contribution < -0.4 is 4.74 Å². The normalized spacial score (nSPS) is 30.0. The van der Waals surface area contributed by atoms with Crippen molar-refractivity contribution in [1.82, 2.24) is 0 Å². The highest BCUT2D eigenvalue weighted by atomic mass is 19.3. The van der Waals surface area contributed by atoms with Crippen LogP contribution >= 0.6 is 0 Å². The summed E-state index contributed by atoms with van der Waals surface area (Å²) >= 11 is 0. The molecule has 0 aliphatic heterocycles. The van der Waals surface area contributed by atoms with Gasteiger partial charge < -0.3 is 4.74 Å². The lowest BCUT2D eigenvalue weighted by molar-refractivity contribution is -0.0498. The van der Waals surface area contributed by atoms with E-state index in [0.717, 1.165) is 24.2 Å². The second-order valence-electron chi connectivity index (χ2n) is 7.52. The van der Waals surface area contributed by atoms with E-state index in [1.807, 2.05) is 18.2 Å². The largest absolute Gasteiger partial charge is 0.435 e. The minimum atomic E-state index is -2.75. The third-order valence-corrected chi connectivity index (χ3v) is 6.08. The number of fused-ring (bicyclic) bond motifs is 1. The maximum Gasteiger partial charge on any atom is 0.387 e. The number of benzene rings is 1. The predicted octanol–water partition coefficient (Wildman–Crippen LogP) is 6.55. The van der Waals surface area contributed by atoms with Crippen LogP contribution in [0.5, 0.6) is 5.75 Å². The smallest absolute Gasteiger partial charge is 0.387 e. The molecule has 0 heterocycles. The zero-order valence-corrected chi connectivity index (χ0v) is 14.3. The molecule has 0 bridgehead atoms. The van der Waals surface area contributed by atoms with E-state index in [1.54, 1.807) is 12.1 Å². The van der Waals surface area contributed by atoms with Gasteiger partial charge in [0.25, 0.3) is 0 Å². The third-order valence-electron chi connectivity index (χ3n) is 6.08. The van der Waals surface area contributed by atoms with Crippen LogP contribution in [-0.4, -0.2) is 6.61 Å². The Hall–Kier alpha value is -1.38. The molecule has 4 atom stereocenters. The van der Waals surface area contributed by atoms with Gasteiger partial charge in [0.15, 0.2) is 0 Å². The van der Waals surface area contributed by atoms with Crippen LogP contribution in [0.25, 0.3) is 0 Å². The molecule has 24 heavy (non-hydrogen) atoms. The topological polar surface area (TPSA) is 9.23 Å². The zero-order chi connectivity index (χ0) is 16.9. The monoisotopic (exact) mass is 334 g/mol. The summed E-state index contributed by atoms with van der Waals surface area (Å²) in [7, 11) is 0. The first-order valence-electron chi connectivity index (χ1n) is 9.31. The molecule has 1 nitrogen and oxygen atoms in total. The number of hydrogen-bond acceptors (Lipinski definition) is 1. The first kappa shape index (κ1) is 17.4. The summed E-state index contributed by atoms with van der Waals surface area (Å²) in [6.45, 7) is 1.09. The fourth-order valence-electron chi connectivity index (χ4n) is 4.83. The molecule has 2 saturated carbocycles. The summed E-state index contributed by atoms with van der Waals surface area (Å²) in [6, 6.07) is 7.30. The van der Waals surface area contributed by atoms with Crippen molar-refractivity contribution in [3.05, 3.63) is 42.5 Å². The van der Waals surface area contributed by atoms with Gasteiger partial charge in [0.05, 0.1) is 0 Å². The molecule has 1 aromatic carbocycles. The van der Waals surface area contributed by atoms with Crippen molar-refractivity contribution in [2.24, 2.45) is 17.8 Å². The standard InChI is InChI=1S/C21H28F2O/c1-2-3-4-15-5-6-19-14-18(8-7-17(19)13-15)16-9-11-20(12-10-16)24-21(22)23/h2,9-12,15,17-19,21H,1,3-8,13-14H2. The third kappa shape index (κ3) is 4.37. The van der Waals surface area contributed by atoms with Gasteiger partial charge in [-0.15, -0.1) is 6.58 Å². The van der Waals surface area contributed by atoms with Crippen LogP contribution in [0.1, 0.15) is 62.8 Å². The minimum absolute atomic E-state index is 0.255. The SMILES string of the molecule is C=CCCC1CCC2CC(c3ccc(OC(F)F)cc3)CCC2C1. The molecular weight excluding hydrogens is 306 g/mol. The van der Waals surface area contributed by atoms with Crippen molar-refractivity contribution in [3.63, 3.8) is 0 Å². The molecule has 2 aliphatic carbocycles. The van der Waals surface area contributed by atoms with Crippen molar-refractivity contribution in [3.8, 4) is 5.75 Å². The van der Waals surface area contributed by atoms with E-state index in [1.165, 1.54) is 50.5 Å². The second kappa shape index (κ2) is 8.13. The van der Waals surface area contributed by atoms with Gasteiger partial charge in [-0.05, 0) is 86.3 Å². The highest BCUT2D eigenvalue weighted by Gasteiger charge is 2.35. The van der Waals surface area contributed by atoms with Crippen molar-refractivity contribution >= 4 is 0 Å². The average Bonchev–Trinajstić information content (AvgIpc) is 2.59. The minimum Gasteiger partial charge on any atom is -0.435 e. The molecule has 3 rings (SSSR count). The van der Waals surface area contributed by atoms with Crippen molar-refractivity contribution in [2.45, 2.75) is 63.9 Å². The molecular formula is C21H28F2O. The van der Waals surface area contributed by atoms with Crippen LogP contribution in [-0.2, 0) is 0 Å². The molecule has 4 unspecified atom stereocenters. The summed E-state index contributed by atoms with van der Waals surface area (Å²) in [4.78, 5) is 0. The Bertz CT molecular complexity index is 525.